The number of nitrogens with one attached hydrogen (secondary N) is 2. The zero-order valence-corrected chi connectivity index (χ0v) is 24.7. The fourth-order valence-electron chi connectivity index (χ4n) is 4.00. The third-order valence-corrected chi connectivity index (χ3v) is 6.69. The summed E-state index contributed by atoms with van der Waals surface area (Å²) >= 11 is 0. The van der Waals surface area contributed by atoms with Gasteiger partial charge < -0.3 is 9.47 Å². The number of ether oxygens (including phenoxy) is 2. The van der Waals surface area contributed by atoms with Crippen molar-refractivity contribution in [2.75, 3.05) is 16.3 Å². The number of aryl methyl sites for hydroxylation is 2. The lowest BCUT2D eigenvalue weighted by molar-refractivity contribution is 0.117. The van der Waals surface area contributed by atoms with Crippen molar-refractivity contribution >= 4 is 27.6 Å². The highest BCUT2D eigenvalue weighted by molar-refractivity contribution is 7.92. The second-order valence-electron chi connectivity index (χ2n) is 9.45. The van der Waals surface area contributed by atoms with Gasteiger partial charge in [0.15, 0.2) is 17.3 Å². The van der Waals surface area contributed by atoms with Gasteiger partial charge in [-0.15, -0.1) is 5.10 Å². The first kappa shape index (κ1) is 32.1. The molecule has 44 heavy (non-hydrogen) atoms. The molecule has 18 heteroatoms. The Kier molecular flexibility index (Phi) is 9.31. The molecule has 2 N–H and O–H groups in total. The van der Waals surface area contributed by atoms with Crippen molar-refractivity contribution in [2.45, 2.75) is 39.4 Å². The Morgan fingerprint density at radius 2 is 1.75 bits per heavy atom. The lowest BCUT2D eigenvalue weighted by atomic mass is 10.1. The molecule has 0 saturated carbocycles. The molecule has 4 heterocycles. The second-order valence-corrected chi connectivity index (χ2v) is 11.2. The molecule has 4 aromatic rings. The van der Waals surface area contributed by atoms with Crippen molar-refractivity contribution in [2.24, 2.45) is 7.05 Å². The van der Waals surface area contributed by atoms with E-state index in [1.54, 1.807) is 6.92 Å². The van der Waals surface area contributed by atoms with Crippen LogP contribution in [0.1, 0.15) is 49.8 Å². The van der Waals surface area contributed by atoms with Crippen LogP contribution in [-0.4, -0.2) is 50.7 Å². The summed E-state index contributed by atoms with van der Waals surface area (Å²) in [5.41, 5.74) is 0.284. The summed E-state index contributed by atoms with van der Waals surface area (Å²) in [6.07, 6.45) is -1.69. The lowest BCUT2D eigenvalue weighted by Gasteiger charge is -2.18. The molecular weight excluding hydrogens is 612 g/mol. The van der Waals surface area contributed by atoms with Gasteiger partial charge in [0, 0.05) is 7.05 Å². The number of nitrogens with zero attached hydrogens (tertiary/aromatic N) is 6. The Balaban J connectivity index is 1.49. The highest BCUT2D eigenvalue weighted by Crippen LogP contribution is 2.30. The minimum atomic E-state index is -3.56. The number of aromatic nitrogens is 6. The van der Waals surface area contributed by atoms with Crippen molar-refractivity contribution in [1.82, 2.24) is 29.9 Å². The first-order valence-corrected chi connectivity index (χ1v) is 14.7. The Bertz CT molecular complexity index is 1820. The molecule has 0 spiro atoms. The van der Waals surface area contributed by atoms with E-state index in [1.807, 2.05) is 0 Å². The summed E-state index contributed by atoms with van der Waals surface area (Å²) in [6.45, 7) is 4.30. The van der Waals surface area contributed by atoms with Gasteiger partial charge >= 0.3 is 6.09 Å². The summed E-state index contributed by atoms with van der Waals surface area (Å²) in [5, 5.41) is 10.3. The molecule has 0 radical (unpaired) electrons. The van der Waals surface area contributed by atoms with Gasteiger partial charge in [-0.25, -0.2) is 36.6 Å². The van der Waals surface area contributed by atoms with E-state index in [-0.39, 0.29) is 28.5 Å². The number of hydrogen-bond donors (Lipinski definition) is 2. The first-order valence-electron chi connectivity index (χ1n) is 12.9. The molecule has 4 rings (SSSR count). The molecule has 234 valence electrons. The van der Waals surface area contributed by atoms with Crippen LogP contribution in [0, 0.1) is 23.5 Å². The molecule has 0 aromatic carbocycles. The summed E-state index contributed by atoms with van der Waals surface area (Å²) in [6, 6.07) is 4.47. The molecule has 13 nitrogen and oxygen atoms in total. The number of halogens is 4. The summed E-state index contributed by atoms with van der Waals surface area (Å²) in [4.78, 5) is 23.8. The van der Waals surface area contributed by atoms with Crippen LogP contribution in [0.5, 0.6) is 5.88 Å². The van der Waals surface area contributed by atoms with Crippen LogP contribution in [0.3, 0.4) is 0 Å². The van der Waals surface area contributed by atoms with Gasteiger partial charge in [-0.1, -0.05) is 12.1 Å². The minimum Gasteiger partial charge on any atom is -0.467 e. The Labute approximate surface area is 248 Å². The van der Waals surface area contributed by atoms with Crippen LogP contribution in [-0.2, 0) is 28.2 Å². The first-order chi connectivity index (χ1) is 20.7. The van der Waals surface area contributed by atoms with E-state index in [2.05, 4.69) is 35.3 Å². The number of carbonyl (C=O) groups is 1. The van der Waals surface area contributed by atoms with Gasteiger partial charge in [0.25, 0.3) is 5.88 Å². The zero-order chi connectivity index (χ0) is 32.3. The maximum Gasteiger partial charge on any atom is 0.413 e. The number of rotatable bonds is 10. The second kappa shape index (κ2) is 12.8. The Morgan fingerprint density at radius 1 is 1.05 bits per heavy atom. The number of carbonyl (C=O) groups excluding carboxylic acids is 1. The number of pyridine rings is 3. The van der Waals surface area contributed by atoms with E-state index in [0.29, 0.717) is 24.4 Å². The third kappa shape index (κ3) is 7.36. The van der Waals surface area contributed by atoms with E-state index < -0.39 is 63.3 Å². The minimum absolute atomic E-state index is 0.0437. The van der Waals surface area contributed by atoms with Crippen molar-refractivity contribution in [3.05, 3.63) is 70.8 Å². The van der Waals surface area contributed by atoms with Gasteiger partial charge in [-0.05, 0) is 44.5 Å². The van der Waals surface area contributed by atoms with Gasteiger partial charge in [0.2, 0.25) is 21.9 Å². The normalized spacial score (nSPS) is 12.8. The van der Waals surface area contributed by atoms with E-state index >= 15 is 0 Å². The van der Waals surface area contributed by atoms with E-state index in [0.717, 1.165) is 12.3 Å². The van der Waals surface area contributed by atoms with Crippen molar-refractivity contribution in [3.63, 3.8) is 0 Å². The lowest BCUT2D eigenvalue weighted by Crippen LogP contribution is -2.19. The Morgan fingerprint density at radius 3 is 2.43 bits per heavy atom. The summed E-state index contributed by atoms with van der Waals surface area (Å²) < 4.78 is 94.4. The van der Waals surface area contributed by atoms with Crippen LogP contribution in [0.15, 0.2) is 30.5 Å². The highest BCUT2D eigenvalue weighted by Gasteiger charge is 2.25. The molecule has 0 aliphatic rings. The summed E-state index contributed by atoms with van der Waals surface area (Å²) in [7, 11) is -2.08. The molecule has 0 aliphatic carbocycles. The van der Waals surface area contributed by atoms with Gasteiger partial charge in [-0.2, -0.15) is 13.8 Å². The molecule has 1 amide bonds. The number of hydrogen-bond acceptors (Lipinski definition) is 10. The molecule has 0 fully saturated rings. The third-order valence-electron chi connectivity index (χ3n) is 6.10. The molecular formula is C26H26F4N8O5S. The fraction of sp³-hybridized carbons (Fsp3) is 0.308. The molecule has 0 bridgehead atoms. The fourth-order valence-corrected chi connectivity index (χ4v) is 4.59. The van der Waals surface area contributed by atoms with Crippen LogP contribution >= 0.6 is 0 Å². The average molecular weight is 639 g/mol. The number of amides is 1. The van der Waals surface area contributed by atoms with Crippen molar-refractivity contribution in [1.29, 1.82) is 0 Å². The smallest absolute Gasteiger partial charge is 0.413 e. The standard InChI is InChI=1S/C26H26F4N8O5S/c1-6-18-19(36-44(5,40)41)7-8-20(32-18)21-24(38(4)37-35-21)34-26(39)43-13(3)16-10-17(28)25(33-23(16)30)42-12(2)15-9-14(27)11-31-22(15)29/h7-13,36H,6H2,1-5H3,(H,34,39)/t12-,13-/m1/s1. The van der Waals surface area contributed by atoms with E-state index in [1.165, 1.54) is 37.7 Å². The van der Waals surface area contributed by atoms with Crippen LogP contribution in [0.2, 0.25) is 0 Å². The molecule has 4 aromatic heterocycles. The summed E-state index contributed by atoms with van der Waals surface area (Å²) in [5.74, 6) is -5.10. The van der Waals surface area contributed by atoms with Crippen molar-refractivity contribution in [3.8, 4) is 17.3 Å². The molecule has 2 atom stereocenters. The van der Waals surface area contributed by atoms with Gasteiger partial charge in [-0.3, -0.25) is 10.0 Å². The maximum atomic E-state index is 14.9. The number of anilines is 2. The quantitative estimate of drug-likeness (QED) is 0.185. The largest absolute Gasteiger partial charge is 0.467 e. The molecule has 0 saturated heterocycles. The average Bonchev–Trinajstić information content (AvgIpc) is 3.30. The topological polar surface area (TPSA) is 163 Å². The van der Waals surface area contributed by atoms with E-state index in [9.17, 15) is 30.8 Å². The number of sulfonamides is 1. The van der Waals surface area contributed by atoms with Crippen LogP contribution < -0.4 is 14.8 Å². The monoisotopic (exact) mass is 638 g/mol. The van der Waals surface area contributed by atoms with Crippen molar-refractivity contribution < 1.29 is 40.2 Å². The maximum absolute atomic E-state index is 14.9. The zero-order valence-electron chi connectivity index (χ0n) is 23.9. The van der Waals surface area contributed by atoms with Crippen LogP contribution in [0.25, 0.3) is 11.4 Å². The Hall–Kier alpha value is -4.87. The predicted molar refractivity (Wildman–Crippen MR) is 148 cm³/mol. The van der Waals surface area contributed by atoms with Gasteiger partial charge in [0.05, 0.1) is 40.7 Å². The molecule has 0 unspecified atom stereocenters. The van der Waals surface area contributed by atoms with E-state index in [4.69, 9.17) is 9.47 Å². The van der Waals surface area contributed by atoms with Crippen LogP contribution in [0.4, 0.5) is 33.9 Å². The highest BCUT2D eigenvalue weighted by atomic mass is 32.2. The van der Waals surface area contributed by atoms with Gasteiger partial charge in [0.1, 0.15) is 18.0 Å². The SMILES string of the molecule is CCc1nc(-c2nnn(C)c2NC(=O)O[C@H](C)c2cc(F)c(O[C@H](C)c3cc(F)cnc3F)nc2F)ccc1NS(C)(=O)=O. The molecule has 0 aliphatic heterocycles. The predicted octanol–water partition coefficient (Wildman–Crippen LogP) is 4.61.